The van der Waals surface area contributed by atoms with Crippen molar-refractivity contribution in [3.63, 3.8) is 0 Å². The number of aromatic nitrogens is 1. The molecule has 3 aromatic rings. The number of furan rings is 1. The van der Waals surface area contributed by atoms with Crippen LogP contribution in [-0.2, 0) is 6.54 Å². The number of carboxylic acid groups (broad SMARTS) is 1. The molecular formula is C16H12N2O3. The van der Waals surface area contributed by atoms with Gasteiger partial charge >= 0.3 is 5.97 Å². The zero-order valence-corrected chi connectivity index (χ0v) is 11.3. The molecule has 104 valence electrons. The summed E-state index contributed by atoms with van der Waals surface area (Å²) in [7, 11) is 0. The maximum atomic E-state index is 10.9. The summed E-state index contributed by atoms with van der Waals surface area (Å²) >= 11 is 0. The highest BCUT2D eigenvalue weighted by atomic mass is 16.4. The molecule has 3 rings (SSSR count). The molecule has 21 heavy (non-hydrogen) atoms. The largest absolute Gasteiger partial charge is 0.475 e. The first-order chi connectivity index (χ1) is 10.1. The quantitative estimate of drug-likeness (QED) is 0.799. The maximum absolute atomic E-state index is 10.9. The van der Waals surface area contributed by atoms with Crippen LogP contribution >= 0.6 is 0 Å². The Morgan fingerprint density at radius 2 is 2.24 bits per heavy atom. The zero-order valence-electron chi connectivity index (χ0n) is 11.3. The molecule has 5 nitrogen and oxygen atoms in total. The minimum Gasteiger partial charge on any atom is -0.475 e. The fraction of sp³-hybridized carbons (Fsp3) is 0.125. The van der Waals surface area contributed by atoms with Crippen molar-refractivity contribution in [3.8, 4) is 6.07 Å². The summed E-state index contributed by atoms with van der Waals surface area (Å²) in [5.41, 5.74) is 2.38. The van der Waals surface area contributed by atoms with Crippen molar-refractivity contribution < 1.29 is 14.3 Å². The third-order valence-corrected chi connectivity index (χ3v) is 3.51. The molecule has 0 amide bonds. The molecule has 0 bridgehead atoms. The van der Waals surface area contributed by atoms with E-state index in [0.717, 1.165) is 16.5 Å². The number of fused-ring (bicyclic) bond motifs is 1. The monoisotopic (exact) mass is 280 g/mol. The first-order valence-electron chi connectivity index (χ1n) is 6.40. The lowest BCUT2D eigenvalue weighted by molar-refractivity contribution is 0.0661. The van der Waals surface area contributed by atoms with Gasteiger partial charge in [-0.3, -0.25) is 0 Å². The number of benzene rings is 1. The molecule has 1 N–H and O–H groups in total. The lowest BCUT2D eigenvalue weighted by atomic mass is 10.1. The average molecular weight is 280 g/mol. The third-order valence-electron chi connectivity index (χ3n) is 3.51. The standard InChI is InChI=1S/C16H12N2O3/c1-10-12(7-15(21-10)16(19)20)9-18-6-5-13-11(8-17)3-2-4-14(13)18/h2-7H,9H2,1H3,(H,19,20). The predicted molar refractivity (Wildman–Crippen MR) is 76.2 cm³/mol. The van der Waals surface area contributed by atoms with Crippen molar-refractivity contribution in [1.82, 2.24) is 4.57 Å². The van der Waals surface area contributed by atoms with Gasteiger partial charge in [0.1, 0.15) is 5.76 Å². The smallest absolute Gasteiger partial charge is 0.371 e. The van der Waals surface area contributed by atoms with Gasteiger partial charge in [-0.25, -0.2) is 4.79 Å². The van der Waals surface area contributed by atoms with Crippen molar-refractivity contribution in [2.45, 2.75) is 13.5 Å². The minimum atomic E-state index is -1.08. The van der Waals surface area contributed by atoms with Gasteiger partial charge in [-0.1, -0.05) is 6.07 Å². The van der Waals surface area contributed by atoms with Crippen LogP contribution in [0.4, 0.5) is 0 Å². The Morgan fingerprint density at radius 1 is 1.43 bits per heavy atom. The highest BCUT2D eigenvalue weighted by Gasteiger charge is 2.14. The number of rotatable bonds is 3. The van der Waals surface area contributed by atoms with Crippen molar-refractivity contribution >= 4 is 16.9 Å². The van der Waals surface area contributed by atoms with E-state index in [0.29, 0.717) is 17.9 Å². The van der Waals surface area contributed by atoms with Gasteiger partial charge in [-0.2, -0.15) is 5.26 Å². The molecule has 1 aromatic carbocycles. The summed E-state index contributed by atoms with van der Waals surface area (Å²) in [6.07, 6.45) is 1.89. The molecule has 0 spiro atoms. The molecule has 0 atom stereocenters. The van der Waals surface area contributed by atoms with Crippen LogP contribution in [0.1, 0.15) is 27.4 Å². The number of nitrogens with zero attached hydrogens (tertiary/aromatic N) is 2. The number of hydrogen-bond acceptors (Lipinski definition) is 3. The fourth-order valence-electron chi connectivity index (χ4n) is 2.42. The van der Waals surface area contributed by atoms with E-state index < -0.39 is 5.97 Å². The number of aryl methyl sites for hydroxylation is 1. The number of carboxylic acids is 1. The van der Waals surface area contributed by atoms with Gasteiger partial charge in [0.05, 0.1) is 18.2 Å². The van der Waals surface area contributed by atoms with Gasteiger partial charge in [0.2, 0.25) is 5.76 Å². The summed E-state index contributed by atoms with van der Waals surface area (Å²) in [5, 5.41) is 18.9. The van der Waals surface area contributed by atoms with Gasteiger partial charge < -0.3 is 14.1 Å². The molecule has 2 aromatic heterocycles. The van der Waals surface area contributed by atoms with Crippen LogP contribution in [0.5, 0.6) is 0 Å². The summed E-state index contributed by atoms with van der Waals surface area (Å²) in [6.45, 7) is 2.25. The second-order valence-corrected chi connectivity index (χ2v) is 4.79. The molecular weight excluding hydrogens is 268 g/mol. The fourth-order valence-corrected chi connectivity index (χ4v) is 2.42. The molecule has 2 heterocycles. The lowest BCUT2D eigenvalue weighted by Gasteiger charge is -2.04. The normalized spacial score (nSPS) is 10.7. The first-order valence-corrected chi connectivity index (χ1v) is 6.40. The highest BCUT2D eigenvalue weighted by Crippen LogP contribution is 2.23. The van der Waals surface area contributed by atoms with Gasteiger partial charge in [-0.05, 0) is 31.2 Å². The van der Waals surface area contributed by atoms with Crippen LogP contribution in [0, 0.1) is 18.3 Å². The Bertz CT molecular complexity index is 881. The van der Waals surface area contributed by atoms with E-state index in [-0.39, 0.29) is 5.76 Å². The van der Waals surface area contributed by atoms with Crippen molar-refractivity contribution in [3.05, 3.63) is 59.2 Å². The van der Waals surface area contributed by atoms with Crippen LogP contribution in [0.25, 0.3) is 10.9 Å². The number of hydrogen-bond donors (Lipinski definition) is 1. The van der Waals surface area contributed by atoms with Gasteiger partial charge in [0.15, 0.2) is 0 Å². The second kappa shape index (κ2) is 4.84. The Morgan fingerprint density at radius 3 is 2.90 bits per heavy atom. The second-order valence-electron chi connectivity index (χ2n) is 4.79. The van der Waals surface area contributed by atoms with E-state index in [4.69, 9.17) is 14.8 Å². The molecule has 0 saturated heterocycles. The summed E-state index contributed by atoms with van der Waals surface area (Å²) < 4.78 is 7.19. The van der Waals surface area contributed by atoms with Gasteiger partial charge in [-0.15, -0.1) is 0 Å². The molecule has 0 fully saturated rings. The average Bonchev–Trinajstić information content (AvgIpc) is 3.04. The number of nitriles is 1. The molecule has 0 aliphatic carbocycles. The van der Waals surface area contributed by atoms with Gasteiger partial charge in [0.25, 0.3) is 0 Å². The van der Waals surface area contributed by atoms with Crippen LogP contribution < -0.4 is 0 Å². The predicted octanol–water partition coefficient (Wildman–Crippen LogP) is 3.16. The Hall–Kier alpha value is -3.00. The van der Waals surface area contributed by atoms with Gasteiger partial charge in [0, 0.05) is 22.7 Å². The molecule has 0 aliphatic rings. The third kappa shape index (κ3) is 2.17. The van der Waals surface area contributed by atoms with E-state index >= 15 is 0 Å². The van der Waals surface area contributed by atoms with E-state index in [1.807, 2.05) is 29.0 Å². The molecule has 5 heteroatoms. The summed E-state index contributed by atoms with van der Waals surface area (Å²) in [6, 6.07) is 11.1. The van der Waals surface area contributed by atoms with Crippen molar-refractivity contribution in [2.75, 3.05) is 0 Å². The molecule has 0 saturated carbocycles. The van der Waals surface area contributed by atoms with Crippen LogP contribution in [0.3, 0.4) is 0 Å². The van der Waals surface area contributed by atoms with Crippen molar-refractivity contribution in [1.29, 1.82) is 5.26 Å². The van der Waals surface area contributed by atoms with E-state index in [1.165, 1.54) is 6.07 Å². The van der Waals surface area contributed by atoms with Crippen LogP contribution in [0.15, 0.2) is 40.9 Å². The summed E-state index contributed by atoms with van der Waals surface area (Å²) in [5.74, 6) is -0.546. The lowest BCUT2D eigenvalue weighted by Crippen LogP contribution is -1.98. The van der Waals surface area contributed by atoms with E-state index in [9.17, 15) is 4.79 Å². The number of carbonyl (C=O) groups is 1. The highest BCUT2D eigenvalue weighted by molar-refractivity contribution is 5.86. The van der Waals surface area contributed by atoms with Crippen molar-refractivity contribution in [2.24, 2.45) is 0 Å². The van der Waals surface area contributed by atoms with E-state index in [1.54, 1.807) is 13.0 Å². The Kier molecular flexibility index (Phi) is 2.99. The minimum absolute atomic E-state index is 0.0586. The topological polar surface area (TPSA) is 79.2 Å². The molecule has 0 radical (unpaired) electrons. The van der Waals surface area contributed by atoms with E-state index in [2.05, 4.69) is 6.07 Å². The Labute approximate surface area is 120 Å². The molecule has 0 aliphatic heterocycles. The maximum Gasteiger partial charge on any atom is 0.371 e. The molecule has 0 unspecified atom stereocenters. The first kappa shape index (κ1) is 13.0. The Balaban J connectivity index is 2.03. The van der Waals surface area contributed by atoms with Crippen LogP contribution in [0.2, 0.25) is 0 Å². The zero-order chi connectivity index (χ0) is 15.0. The SMILES string of the molecule is Cc1oc(C(=O)O)cc1Cn1ccc2c(C#N)cccc21. The van der Waals surface area contributed by atoms with Crippen LogP contribution in [-0.4, -0.2) is 15.6 Å². The number of aromatic carboxylic acids is 1. The summed E-state index contributed by atoms with van der Waals surface area (Å²) in [4.78, 5) is 10.9.